The van der Waals surface area contributed by atoms with Crippen molar-refractivity contribution in [2.45, 2.75) is 6.42 Å². The number of carbonyl (C=O) groups is 1. The van der Waals surface area contributed by atoms with E-state index < -0.39 is 5.97 Å². The van der Waals surface area contributed by atoms with Gasteiger partial charge in [0.1, 0.15) is 24.2 Å². The minimum absolute atomic E-state index is 0.0383. The van der Waals surface area contributed by atoms with Gasteiger partial charge in [-0.15, -0.1) is 0 Å². The number of benzene rings is 3. The van der Waals surface area contributed by atoms with Crippen LogP contribution in [0.4, 0.5) is 0 Å². The van der Waals surface area contributed by atoms with Crippen LogP contribution in [-0.2, 0) is 11.2 Å². The molecule has 0 bridgehead atoms. The zero-order valence-corrected chi connectivity index (χ0v) is 17.4. The lowest BCUT2D eigenvalue weighted by atomic mass is 9.99. The lowest BCUT2D eigenvalue weighted by Crippen LogP contribution is -1.99. The first-order valence-electron chi connectivity index (χ1n) is 9.30. The van der Waals surface area contributed by atoms with E-state index in [4.69, 9.17) is 26.2 Å². The lowest BCUT2D eigenvalue weighted by Gasteiger charge is -2.08. The lowest BCUT2D eigenvalue weighted by molar-refractivity contribution is -0.136. The summed E-state index contributed by atoms with van der Waals surface area (Å²) < 4.78 is 11.0. The Morgan fingerprint density at radius 1 is 1.03 bits per heavy atom. The van der Waals surface area contributed by atoms with Crippen LogP contribution in [0.2, 0.25) is 5.02 Å². The van der Waals surface area contributed by atoms with Crippen molar-refractivity contribution in [3.63, 3.8) is 0 Å². The van der Waals surface area contributed by atoms with Crippen molar-refractivity contribution in [3.8, 4) is 40.5 Å². The molecule has 0 saturated carbocycles. The Balaban J connectivity index is 1.81. The first-order chi connectivity index (χ1) is 15.0. The molecule has 31 heavy (non-hydrogen) atoms. The number of ether oxygens (including phenoxy) is 2. The molecule has 3 aromatic carbocycles. The van der Waals surface area contributed by atoms with E-state index in [0.717, 1.165) is 16.7 Å². The van der Waals surface area contributed by atoms with Crippen molar-refractivity contribution in [2.24, 2.45) is 0 Å². The standard InChI is InChI=1S/C25H18ClNO4/c1-30-23-9-7-19(18-5-2-4-17(12-18)13-25(28)29)14-20(23)6-3-11-31-24-10-8-22(26)15-21(24)16-27/h2,4-5,7-10,12,14-15H,11,13H2,1H3,(H,28,29). The molecule has 154 valence electrons. The van der Waals surface area contributed by atoms with Gasteiger partial charge < -0.3 is 14.6 Å². The van der Waals surface area contributed by atoms with Crippen LogP contribution in [0.3, 0.4) is 0 Å². The zero-order chi connectivity index (χ0) is 22.2. The van der Waals surface area contributed by atoms with E-state index in [1.807, 2.05) is 42.5 Å². The second-order valence-corrected chi connectivity index (χ2v) is 6.97. The predicted molar refractivity (Wildman–Crippen MR) is 118 cm³/mol. The SMILES string of the molecule is COc1ccc(-c2cccc(CC(=O)O)c2)cc1C#CCOc1ccc(Cl)cc1C#N. The number of carboxylic acid groups (broad SMARTS) is 1. The molecule has 0 amide bonds. The first kappa shape index (κ1) is 21.8. The molecular weight excluding hydrogens is 414 g/mol. The molecule has 5 nitrogen and oxygen atoms in total. The van der Waals surface area contributed by atoms with Crippen LogP contribution in [0.15, 0.2) is 60.7 Å². The average molecular weight is 432 g/mol. The molecule has 1 N–H and O–H groups in total. The summed E-state index contributed by atoms with van der Waals surface area (Å²) in [6.45, 7) is 0.0811. The van der Waals surface area contributed by atoms with Crippen molar-refractivity contribution < 1.29 is 19.4 Å². The number of halogens is 1. The molecule has 3 aromatic rings. The number of hydrogen-bond donors (Lipinski definition) is 1. The van der Waals surface area contributed by atoms with Gasteiger partial charge in [-0.2, -0.15) is 5.26 Å². The van der Waals surface area contributed by atoms with Crippen LogP contribution >= 0.6 is 11.6 Å². The van der Waals surface area contributed by atoms with Gasteiger partial charge in [0.15, 0.2) is 0 Å². The number of methoxy groups -OCH3 is 1. The van der Waals surface area contributed by atoms with Crippen LogP contribution in [0.1, 0.15) is 16.7 Å². The fourth-order valence-electron chi connectivity index (χ4n) is 2.98. The van der Waals surface area contributed by atoms with Crippen LogP contribution in [0.25, 0.3) is 11.1 Å². The number of hydrogen-bond acceptors (Lipinski definition) is 4. The van der Waals surface area contributed by atoms with Crippen molar-refractivity contribution >= 4 is 17.6 Å². The van der Waals surface area contributed by atoms with E-state index in [0.29, 0.717) is 27.6 Å². The number of carboxylic acids is 1. The van der Waals surface area contributed by atoms with E-state index in [2.05, 4.69) is 11.8 Å². The van der Waals surface area contributed by atoms with Gasteiger partial charge in [-0.25, -0.2) is 0 Å². The van der Waals surface area contributed by atoms with E-state index in [-0.39, 0.29) is 13.0 Å². The summed E-state index contributed by atoms with van der Waals surface area (Å²) in [6, 6.07) is 19.8. The summed E-state index contributed by atoms with van der Waals surface area (Å²) in [5, 5.41) is 18.7. The fraction of sp³-hybridized carbons (Fsp3) is 0.120. The fourth-order valence-corrected chi connectivity index (χ4v) is 3.15. The highest BCUT2D eigenvalue weighted by Crippen LogP contribution is 2.27. The van der Waals surface area contributed by atoms with Gasteiger partial charge >= 0.3 is 5.97 Å². The maximum Gasteiger partial charge on any atom is 0.307 e. The van der Waals surface area contributed by atoms with Crippen molar-refractivity contribution in [2.75, 3.05) is 13.7 Å². The third-order valence-electron chi connectivity index (χ3n) is 4.40. The van der Waals surface area contributed by atoms with Crippen molar-refractivity contribution in [1.82, 2.24) is 0 Å². The first-order valence-corrected chi connectivity index (χ1v) is 9.68. The van der Waals surface area contributed by atoms with E-state index >= 15 is 0 Å². The third kappa shape index (κ3) is 5.79. The summed E-state index contributed by atoms with van der Waals surface area (Å²) in [5.41, 5.74) is 3.51. The van der Waals surface area contributed by atoms with Crippen LogP contribution < -0.4 is 9.47 Å². The molecule has 0 aliphatic rings. The molecule has 0 saturated heterocycles. The molecule has 0 aliphatic heterocycles. The van der Waals surface area contributed by atoms with Crippen LogP contribution in [-0.4, -0.2) is 24.8 Å². The van der Waals surface area contributed by atoms with Gasteiger partial charge in [0.25, 0.3) is 0 Å². The number of aliphatic carboxylic acids is 1. The number of nitriles is 1. The van der Waals surface area contributed by atoms with E-state index in [1.165, 1.54) is 6.07 Å². The molecule has 0 aliphatic carbocycles. The number of rotatable bonds is 6. The van der Waals surface area contributed by atoms with E-state index in [1.54, 1.807) is 25.3 Å². The summed E-state index contributed by atoms with van der Waals surface area (Å²) in [5.74, 6) is 6.12. The molecule has 6 heteroatoms. The predicted octanol–water partition coefficient (Wildman–Crippen LogP) is 4.94. The van der Waals surface area contributed by atoms with Crippen molar-refractivity contribution in [3.05, 3.63) is 82.4 Å². The topological polar surface area (TPSA) is 79.6 Å². The van der Waals surface area contributed by atoms with Crippen LogP contribution in [0.5, 0.6) is 11.5 Å². The Hall–Kier alpha value is -3.93. The van der Waals surface area contributed by atoms with Crippen molar-refractivity contribution in [1.29, 1.82) is 5.26 Å². The Kier molecular flexibility index (Phi) is 7.17. The van der Waals surface area contributed by atoms with Gasteiger partial charge in [-0.05, 0) is 47.0 Å². The molecule has 0 aromatic heterocycles. The zero-order valence-electron chi connectivity index (χ0n) is 16.7. The van der Waals surface area contributed by atoms with Crippen LogP contribution in [0, 0.1) is 23.2 Å². The summed E-state index contributed by atoms with van der Waals surface area (Å²) >= 11 is 5.89. The summed E-state index contributed by atoms with van der Waals surface area (Å²) in [7, 11) is 1.57. The minimum Gasteiger partial charge on any atom is -0.495 e. The Labute approximate surface area is 185 Å². The molecule has 0 unspecified atom stereocenters. The minimum atomic E-state index is -0.876. The molecule has 0 atom stereocenters. The Bertz CT molecular complexity index is 1220. The molecular formula is C25H18ClNO4. The Morgan fingerprint density at radius 3 is 2.55 bits per heavy atom. The molecule has 0 radical (unpaired) electrons. The summed E-state index contributed by atoms with van der Waals surface area (Å²) in [6.07, 6.45) is -0.0383. The van der Waals surface area contributed by atoms with Gasteiger partial charge in [0.05, 0.1) is 24.7 Å². The largest absolute Gasteiger partial charge is 0.495 e. The van der Waals surface area contributed by atoms with Gasteiger partial charge in [0.2, 0.25) is 0 Å². The second kappa shape index (κ2) is 10.2. The maximum absolute atomic E-state index is 11.0. The van der Waals surface area contributed by atoms with Gasteiger partial charge in [-0.3, -0.25) is 4.79 Å². The maximum atomic E-state index is 11.0. The molecule has 0 heterocycles. The van der Waals surface area contributed by atoms with Gasteiger partial charge in [0, 0.05) is 5.02 Å². The Morgan fingerprint density at radius 2 is 1.81 bits per heavy atom. The quantitative estimate of drug-likeness (QED) is 0.559. The molecule has 0 fully saturated rings. The molecule has 0 spiro atoms. The number of nitrogens with zero attached hydrogens (tertiary/aromatic N) is 1. The normalized spacial score (nSPS) is 9.84. The summed E-state index contributed by atoms with van der Waals surface area (Å²) in [4.78, 5) is 11.0. The smallest absolute Gasteiger partial charge is 0.307 e. The molecule has 3 rings (SSSR count). The highest BCUT2D eigenvalue weighted by Gasteiger charge is 2.07. The third-order valence-corrected chi connectivity index (χ3v) is 4.64. The van der Waals surface area contributed by atoms with E-state index in [9.17, 15) is 10.1 Å². The van der Waals surface area contributed by atoms with Gasteiger partial charge in [-0.1, -0.05) is 53.8 Å². The highest BCUT2D eigenvalue weighted by atomic mass is 35.5. The average Bonchev–Trinajstić information content (AvgIpc) is 2.77. The highest BCUT2D eigenvalue weighted by molar-refractivity contribution is 6.30. The second-order valence-electron chi connectivity index (χ2n) is 6.53. The monoisotopic (exact) mass is 431 g/mol.